The number of esters is 2. The lowest BCUT2D eigenvalue weighted by molar-refractivity contribution is -0.203. The molecular weight excluding hydrogens is 516 g/mol. The average Bonchev–Trinajstić information content (AvgIpc) is 2.90. The Morgan fingerprint density at radius 1 is 0.821 bits per heavy atom. The van der Waals surface area contributed by atoms with Crippen molar-refractivity contribution < 1.29 is 58.9 Å². The van der Waals surface area contributed by atoms with Gasteiger partial charge in [0.1, 0.15) is 18.3 Å². The zero-order valence-corrected chi connectivity index (χ0v) is 21.0. The van der Waals surface area contributed by atoms with Gasteiger partial charge in [-0.1, -0.05) is 12.1 Å². The molecule has 3 rings (SSSR count). The number of hydrogen-bond donors (Lipinski definition) is 5. The van der Waals surface area contributed by atoms with Gasteiger partial charge in [-0.2, -0.15) is 0 Å². The highest BCUT2D eigenvalue weighted by atomic mass is 16.6. The van der Waals surface area contributed by atoms with Gasteiger partial charge in [0.05, 0.1) is 14.2 Å². The van der Waals surface area contributed by atoms with Crippen molar-refractivity contribution in [3.8, 4) is 23.0 Å². The number of methoxy groups -OCH3 is 2. The van der Waals surface area contributed by atoms with Crippen molar-refractivity contribution in [2.75, 3.05) is 14.2 Å². The van der Waals surface area contributed by atoms with Crippen LogP contribution in [0.3, 0.4) is 0 Å². The zero-order chi connectivity index (χ0) is 28.7. The largest absolute Gasteiger partial charge is 0.504 e. The minimum Gasteiger partial charge on any atom is -0.504 e. The fraction of sp³-hybridized carbons (Fsp3) is 0.296. The molecule has 208 valence electrons. The Morgan fingerprint density at radius 2 is 1.23 bits per heavy atom. The van der Waals surface area contributed by atoms with Crippen LogP contribution in [-0.2, 0) is 23.9 Å². The lowest BCUT2D eigenvalue weighted by Crippen LogP contribution is -2.58. The Balaban J connectivity index is 1.71. The van der Waals surface area contributed by atoms with Crippen molar-refractivity contribution in [2.24, 2.45) is 0 Å². The van der Waals surface area contributed by atoms with Gasteiger partial charge in [-0.05, 0) is 47.5 Å². The summed E-state index contributed by atoms with van der Waals surface area (Å²) in [5.74, 6) is -3.44. The van der Waals surface area contributed by atoms with Crippen molar-refractivity contribution in [3.05, 3.63) is 59.7 Å². The van der Waals surface area contributed by atoms with Crippen LogP contribution >= 0.6 is 0 Å². The number of carboxylic acid groups (broad SMARTS) is 1. The van der Waals surface area contributed by atoms with Crippen LogP contribution in [0.15, 0.2) is 48.6 Å². The average molecular weight is 545 g/mol. The van der Waals surface area contributed by atoms with Crippen molar-refractivity contribution >= 4 is 30.1 Å². The van der Waals surface area contributed by atoms with Crippen LogP contribution in [0.25, 0.3) is 12.2 Å². The molecule has 2 unspecified atom stereocenters. The van der Waals surface area contributed by atoms with Crippen molar-refractivity contribution in [3.63, 3.8) is 0 Å². The van der Waals surface area contributed by atoms with Gasteiger partial charge < -0.3 is 44.5 Å². The van der Waals surface area contributed by atoms with Crippen LogP contribution in [0.5, 0.6) is 23.0 Å². The summed E-state index contributed by atoms with van der Waals surface area (Å²) in [6, 6.07) is 8.61. The van der Waals surface area contributed by atoms with Gasteiger partial charge in [0, 0.05) is 25.0 Å². The normalized spacial score (nSPS) is 22.9. The van der Waals surface area contributed by atoms with E-state index in [2.05, 4.69) is 0 Å². The van der Waals surface area contributed by atoms with Crippen molar-refractivity contribution in [1.82, 2.24) is 0 Å². The highest BCUT2D eigenvalue weighted by Crippen LogP contribution is 2.34. The van der Waals surface area contributed by atoms with Gasteiger partial charge >= 0.3 is 17.9 Å². The van der Waals surface area contributed by atoms with E-state index in [0.717, 1.165) is 12.2 Å². The second kappa shape index (κ2) is 12.3. The molecule has 12 nitrogen and oxygen atoms in total. The topological polar surface area (TPSA) is 189 Å². The number of rotatable bonds is 9. The monoisotopic (exact) mass is 544 g/mol. The number of carbonyl (C=O) groups is 3. The van der Waals surface area contributed by atoms with E-state index in [1.807, 2.05) is 0 Å². The number of ether oxygens (including phenoxy) is 4. The summed E-state index contributed by atoms with van der Waals surface area (Å²) in [4.78, 5) is 36.6. The predicted octanol–water partition coefficient (Wildman–Crippen LogP) is 1.64. The molecule has 12 heteroatoms. The maximum atomic E-state index is 12.4. The third-order valence-corrected chi connectivity index (χ3v) is 6.00. The molecule has 1 aliphatic rings. The molecule has 2 atom stereocenters. The molecular formula is C27H28O12. The molecule has 0 amide bonds. The predicted molar refractivity (Wildman–Crippen MR) is 135 cm³/mol. The number of hydrogen-bond acceptors (Lipinski definition) is 11. The summed E-state index contributed by atoms with van der Waals surface area (Å²) >= 11 is 0. The molecule has 39 heavy (non-hydrogen) atoms. The van der Waals surface area contributed by atoms with Crippen LogP contribution in [0.2, 0.25) is 0 Å². The number of phenols is 2. The van der Waals surface area contributed by atoms with Crippen LogP contribution in [0.4, 0.5) is 0 Å². The number of benzene rings is 2. The first-order valence-electron chi connectivity index (χ1n) is 11.6. The minimum absolute atomic E-state index is 0.103. The summed E-state index contributed by atoms with van der Waals surface area (Å²) in [6.45, 7) is 0. The number of carbonyl (C=O) groups excluding carboxylic acids is 2. The first kappa shape index (κ1) is 29.0. The highest BCUT2D eigenvalue weighted by molar-refractivity contribution is 5.88. The fourth-order valence-corrected chi connectivity index (χ4v) is 3.93. The van der Waals surface area contributed by atoms with E-state index in [-0.39, 0.29) is 23.0 Å². The minimum atomic E-state index is -2.45. The summed E-state index contributed by atoms with van der Waals surface area (Å²) in [7, 11) is 2.71. The molecule has 1 fully saturated rings. The first-order valence-corrected chi connectivity index (χ1v) is 11.6. The van der Waals surface area contributed by atoms with Crippen LogP contribution in [0, 0.1) is 0 Å². The smallest absolute Gasteiger partial charge is 0.335 e. The number of phenolic OH excluding ortho intramolecular Hbond substituents is 2. The number of aliphatic hydroxyl groups is 2. The zero-order valence-electron chi connectivity index (χ0n) is 21.0. The Hall–Kier alpha value is -4.55. The molecule has 2 aromatic rings. The van der Waals surface area contributed by atoms with Gasteiger partial charge in [-0.3, -0.25) is 0 Å². The number of aliphatic carboxylic acids is 1. The Kier molecular flexibility index (Phi) is 9.17. The van der Waals surface area contributed by atoms with Gasteiger partial charge in [0.15, 0.2) is 28.6 Å². The number of aliphatic hydroxyl groups excluding tert-OH is 1. The molecule has 0 heterocycles. The highest BCUT2D eigenvalue weighted by Gasteiger charge is 2.52. The van der Waals surface area contributed by atoms with Crippen molar-refractivity contribution in [2.45, 2.75) is 36.8 Å². The van der Waals surface area contributed by atoms with Gasteiger partial charge in [-0.15, -0.1) is 0 Å². The number of aromatic hydroxyl groups is 2. The summed E-state index contributed by atoms with van der Waals surface area (Å²) in [5.41, 5.74) is -1.51. The molecule has 0 spiro atoms. The Morgan fingerprint density at radius 3 is 1.59 bits per heavy atom. The van der Waals surface area contributed by atoms with E-state index in [1.165, 1.54) is 62.8 Å². The van der Waals surface area contributed by atoms with E-state index in [1.54, 1.807) is 0 Å². The third kappa shape index (κ3) is 7.27. The fourth-order valence-electron chi connectivity index (χ4n) is 3.93. The molecule has 0 aliphatic heterocycles. The standard InChI is InChI=1S/C27H28O12/c1-36-19-11-15(3-7-17(19)28)5-9-23(30)38-21-13-27(35,26(33)34)14-22(25(21)32)39-24(31)10-6-16-4-8-18(29)20(12-16)37-2/h3-12,21-22,25,28-29,32,35H,13-14H2,1-2H3,(H,33,34). The van der Waals surface area contributed by atoms with Crippen LogP contribution in [-0.4, -0.2) is 81.6 Å². The molecule has 2 aromatic carbocycles. The second-order valence-corrected chi connectivity index (χ2v) is 8.72. The van der Waals surface area contributed by atoms with Gasteiger partial charge in [-0.25, -0.2) is 14.4 Å². The maximum Gasteiger partial charge on any atom is 0.335 e. The quantitative estimate of drug-likeness (QED) is 0.227. The molecule has 5 N–H and O–H groups in total. The number of carboxylic acids is 1. The van der Waals surface area contributed by atoms with E-state index in [9.17, 15) is 39.9 Å². The van der Waals surface area contributed by atoms with E-state index >= 15 is 0 Å². The van der Waals surface area contributed by atoms with Crippen LogP contribution in [0.1, 0.15) is 24.0 Å². The molecule has 0 saturated heterocycles. The third-order valence-electron chi connectivity index (χ3n) is 6.00. The summed E-state index contributed by atoms with van der Waals surface area (Å²) in [5, 5.41) is 50.2. The molecule has 0 aromatic heterocycles. The second-order valence-electron chi connectivity index (χ2n) is 8.72. The lowest BCUT2D eigenvalue weighted by Gasteiger charge is -2.40. The van der Waals surface area contributed by atoms with Gasteiger partial charge in [0.2, 0.25) is 0 Å². The van der Waals surface area contributed by atoms with E-state index in [4.69, 9.17) is 18.9 Å². The van der Waals surface area contributed by atoms with E-state index in [0.29, 0.717) is 11.1 Å². The molecule has 0 bridgehead atoms. The molecule has 0 radical (unpaired) electrons. The Bertz CT molecular complexity index is 1190. The van der Waals surface area contributed by atoms with E-state index < -0.39 is 54.7 Å². The van der Waals surface area contributed by atoms with Crippen LogP contribution < -0.4 is 9.47 Å². The molecule has 1 aliphatic carbocycles. The SMILES string of the molecule is COc1cc(C=CC(=O)OC2CC(O)(C(=O)O)CC(OC(=O)C=Cc3ccc(O)c(OC)c3)C2O)ccc1O. The summed E-state index contributed by atoms with van der Waals surface area (Å²) in [6.07, 6.45) is -1.29. The lowest BCUT2D eigenvalue weighted by atomic mass is 9.79. The molecule has 1 saturated carbocycles. The Labute approximate surface area is 222 Å². The maximum absolute atomic E-state index is 12.4. The van der Waals surface area contributed by atoms with Crippen molar-refractivity contribution in [1.29, 1.82) is 0 Å². The summed E-state index contributed by atoms with van der Waals surface area (Å²) < 4.78 is 20.4. The van der Waals surface area contributed by atoms with Gasteiger partial charge in [0.25, 0.3) is 0 Å². The first-order chi connectivity index (χ1) is 18.4.